The molecule has 1 atom stereocenters. The summed E-state index contributed by atoms with van der Waals surface area (Å²) < 4.78 is 0. The van der Waals surface area contributed by atoms with Crippen molar-refractivity contribution in [2.45, 2.75) is 70.4 Å². The fraction of sp³-hybridized carbons (Fsp3) is 0.571. The lowest BCUT2D eigenvalue weighted by Crippen LogP contribution is -2.44. The van der Waals surface area contributed by atoms with Gasteiger partial charge in [-0.1, -0.05) is 49.6 Å². The summed E-state index contributed by atoms with van der Waals surface area (Å²) in [6.45, 7) is 4.37. The van der Waals surface area contributed by atoms with Gasteiger partial charge in [-0.25, -0.2) is 4.79 Å². The third kappa shape index (κ3) is 4.15. The van der Waals surface area contributed by atoms with Crippen molar-refractivity contribution in [3.63, 3.8) is 0 Å². The van der Waals surface area contributed by atoms with Crippen molar-refractivity contribution in [2.24, 2.45) is 0 Å². The van der Waals surface area contributed by atoms with Crippen LogP contribution >= 0.6 is 0 Å². The van der Waals surface area contributed by atoms with Gasteiger partial charge >= 0.3 is 6.03 Å². The highest BCUT2D eigenvalue weighted by molar-refractivity contribution is 6.07. The first-order chi connectivity index (χ1) is 12.9. The normalized spacial score (nSPS) is 19.4. The van der Waals surface area contributed by atoms with Crippen LogP contribution in [0.2, 0.25) is 0 Å². The van der Waals surface area contributed by atoms with E-state index < -0.39 is 5.54 Å². The van der Waals surface area contributed by atoms with E-state index in [0.29, 0.717) is 19.4 Å². The molecule has 3 rings (SSSR count). The number of urea groups is 1. The number of hydrogen-bond donors (Lipinski definition) is 2. The van der Waals surface area contributed by atoms with Crippen molar-refractivity contribution in [3.05, 3.63) is 35.4 Å². The van der Waals surface area contributed by atoms with E-state index in [2.05, 4.69) is 10.6 Å². The van der Waals surface area contributed by atoms with Gasteiger partial charge in [0.05, 0.1) is 6.04 Å². The van der Waals surface area contributed by atoms with E-state index in [-0.39, 0.29) is 23.9 Å². The van der Waals surface area contributed by atoms with Crippen molar-refractivity contribution >= 4 is 17.8 Å². The zero-order valence-corrected chi connectivity index (χ0v) is 16.2. The van der Waals surface area contributed by atoms with Gasteiger partial charge in [-0.05, 0) is 38.2 Å². The quantitative estimate of drug-likeness (QED) is 0.723. The molecule has 1 heterocycles. The van der Waals surface area contributed by atoms with Gasteiger partial charge in [0.25, 0.3) is 5.91 Å². The number of hydrogen-bond acceptors (Lipinski definition) is 3. The summed E-state index contributed by atoms with van der Waals surface area (Å²) in [7, 11) is 0. The molecule has 1 saturated heterocycles. The van der Waals surface area contributed by atoms with E-state index in [4.69, 9.17) is 0 Å². The van der Waals surface area contributed by atoms with E-state index in [9.17, 15) is 14.4 Å². The smallest absolute Gasteiger partial charge is 0.325 e. The maximum atomic E-state index is 12.6. The lowest BCUT2D eigenvalue weighted by Gasteiger charge is -2.20. The zero-order valence-electron chi connectivity index (χ0n) is 16.2. The van der Waals surface area contributed by atoms with Crippen LogP contribution in [-0.4, -0.2) is 34.8 Å². The van der Waals surface area contributed by atoms with Gasteiger partial charge in [-0.3, -0.25) is 14.5 Å². The Hall–Kier alpha value is -2.37. The fourth-order valence-electron chi connectivity index (χ4n) is 4.08. The zero-order chi connectivity index (χ0) is 19.4. The number of amides is 4. The lowest BCUT2D eigenvalue weighted by molar-refractivity contribution is -0.131. The highest BCUT2D eigenvalue weighted by atomic mass is 16.2. The van der Waals surface area contributed by atoms with Gasteiger partial charge in [-0.15, -0.1) is 0 Å². The average Bonchev–Trinajstić information content (AvgIpc) is 3.21. The van der Waals surface area contributed by atoms with Crippen LogP contribution in [0.3, 0.4) is 0 Å². The Morgan fingerprint density at radius 1 is 1.22 bits per heavy atom. The molecule has 0 bridgehead atoms. The molecule has 2 N–H and O–H groups in total. The Morgan fingerprint density at radius 3 is 2.52 bits per heavy atom. The number of aryl methyl sites for hydroxylation is 1. The summed E-state index contributed by atoms with van der Waals surface area (Å²) in [5.74, 6) is -0.165. The largest absolute Gasteiger partial charge is 0.349 e. The summed E-state index contributed by atoms with van der Waals surface area (Å²) in [4.78, 5) is 38.4. The standard InChI is InChI=1S/C21H29N3O3/c1-3-17(16-10-8-15(2)9-11-16)22-18(25)7-6-14-24-19(26)21(23-20(24)27)12-4-5-13-21/h8-11,17H,3-7,12-14H2,1-2H3,(H,22,25)(H,23,27)/t17-/m1/s1. The van der Waals surface area contributed by atoms with E-state index in [1.54, 1.807) is 0 Å². The first-order valence-electron chi connectivity index (χ1n) is 9.95. The molecule has 0 unspecified atom stereocenters. The number of nitrogens with one attached hydrogen (secondary N) is 2. The summed E-state index contributed by atoms with van der Waals surface area (Å²) >= 11 is 0. The average molecular weight is 371 g/mol. The third-order valence-electron chi connectivity index (χ3n) is 5.71. The van der Waals surface area contributed by atoms with Gasteiger partial charge < -0.3 is 10.6 Å². The number of imide groups is 1. The Morgan fingerprint density at radius 2 is 1.89 bits per heavy atom. The van der Waals surface area contributed by atoms with Crippen LogP contribution in [-0.2, 0) is 9.59 Å². The van der Waals surface area contributed by atoms with Crippen molar-refractivity contribution in [3.8, 4) is 0 Å². The Bertz CT molecular complexity index is 708. The summed E-state index contributed by atoms with van der Waals surface area (Å²) in [6.07, 6.45) is 4.98. The minimum absolute atomic E-state index is 0.0171. The predicted molar refractivity (Wildman–Crippen MR) is 103 cm³/mol. The monoisotopic (exact) mass is 371 g/mol. The summed E-state index contributed by atoms with van der Waals surface area (Å²) in [5.41, 5.74) is 1.61. The van der Waals surface area contributed by atoms with Crippen LogP contribution in [0.5, 0.6) is 0 Å². The topological polar surface area (TPSA) is 78.5 Å². The third-order valence-corrected chi connectivity index (χ3v) is 5.71. The number of carbonyl (C=O) groups is 3. The molecule has 6 nitrogen and oxygen atoms in total. The number of nitrogens with zero attached hydrogens (tertiary/aromatic N) is 1. The van der Waals surface area contributed by atoms with Crippen LogP contribution in [0.15, 0.2) is 24.3 Å². The van der Waals surface area contributed by atoms with Crippen molar-refractivity contribution in [2.75, 3.05) is 6.54 Å². The van der Waals surface area contributed by atoms with Crippen LogP contribution in [0, 0.1) is 6.92 Å². The Labute approximate surface area is 160 Å². The van der Waals surface area contributed by atoms with Gasteiger partial charge in [0, 0.05) is 13.0 Å². The van der Waals surface area contributed by atoms with Crippen molar-refractivity contribution in [1.82, 2.24) is 15.5 Å². The van der Waals surface area contributed by atoms with E-state index in [1.807, 2.05) is 38.1 Å². The molecular formula is C21H29N3O3. The molecule has 27 heavy (non-hydrogen) atoms. The minimum Gasteiger partial charge on any atom is -0.349 e. The van der Waals surface area contributed by atoms with Gasteiger partial charge in [0.1, 0.15) is 5.54 Å². The maximum Gasteiger partial charge on any atom is 0.325 e. The van der Waals surface area contributed by atoms with Crippen LogP contribution in [0.25, 0.3) is 0 Å². The fourth-order valence-corrected chi connectivity index (χ4v) is 4.08. The molecule has 2 aliphatic rings. The van der Waals surface area contributed by atoms with E-state index in [0.717, 1.165) is 37.7 Å². The molecule has 4 amide bonds. The van der Waals surface area contributed by atoms with Gasteiger partial charge in [0.15, 0.2) is 0 Å². The lowest BCUT2D eigenvalue weighted by atomic mass is 9.98. The molecule has 1 aromatic rings. The first-order valence-corrected chi connectivity index (χ1v) is 9.95. The second-order valence-corrected chi connectivity index (χ2v) is 7.72. The highest BCUT2D eigenvalue weighted by Gasteiger charge is 2.52. The Balaban J connectivity index is 1.48. The molecule has 1 aromatic carbocycles. The molecule has 6 heteroatoms. The van der Waals surface area contributed by atoms with E-state index in [1.165, 1.54) is 10.5 Å². The molecule has 0 radical (unpaired) electrons. The molecule has 146 valence electrons. The summed E-state index contributed by atoms with van der Waals surface area (Å²) in [6, 6.07) is 7.84. The highest BCUT2D eigenvalue weighted by Crippen LogP contribution is 2.35. The van der Waals surface area contributed by atoms with Crippen molar-refractivity contribution < 1.29 is 14.4 Å². The number of rotatable bonds is 7. The number of carbonyl (C=O) groups excluding carboxylic acids is 3. The molecule has 1 saturated carbocycles. The van der Waals surface area contributed by atoms with Crippen molar-refractivity contribution in [1.29, 1.82) is 0 Å². The van der Waals surface area contributed by atoms with Crippen LogP contribution in [0.4, 0.5) is 4.79 Å². The molecular weight excluding hydrogens is 342 g/mol. The first kappa shape index (κ1) is 19.4. The van der Waals surface area contributed by atoms with Crippen LogP contribution < -0.4 is 10.6 Å². The molecule has 1 aliphatic carbocycles. The Kier molecular flexibility index (Phi) is 5.82. The van der Waals surface area contributed by atoms with Crippen LogP contribution in [0.1, 0.15) is 69.0 Å². The maximum absolute atomic E-state index is 12.6. The number of benzene rings is 1. The molecule has 2 fully saturated rings. The second-order valence-electron chi connectivity index (χ2n) is 7.72. The van der Waals surface area contributed by atoms with Gasteiger partial charge in [-0.2, -0.15) is 0 Å². The molecule has 1 spiro atoms. The predicted octanol–water partition coefficient (Wildman–Crippen LogP) is 3.21. The van der Waals surface area contributed by atoms with E-state index >= 15 is 0 Å². The SMILES string of the molecule is CC[C@@H](NC(=O)CCCN1C(=O)NC2(CCCC2)C1=O)c1ccc(C)cc1. The van der Waals surface area contributed by atoms with Gasteiger partial charge in [0.2, 0.25) is 5.91 Å². The second kappa shape index (κ2) is 8.11. The summed E-state index contributed by atoms with van der Waals surface area (Å²) in [5, 5.41) is 5.93. The molecule has 0 aromatic heterocycles. The molecule has 1 aliphatic heterocycles. The minimum atomic E-state index is -0.669.